The Morgan fingerprint density at radius 2 is 1.92 bits per heavy atom. The third-order valence-corrected chi connectivity index (χ3v) is 7.84. The summed E-state index contributed by atoms with van der Waals surface area (Å²) < 4.78 is 1.65. The molecule has 4 aliphatic carbocycles. The van der Waals surface area contributed by atoms with Crippen LogP contribution >= 0.6 is 11.8 Å². The van der Waals surface area contributed by atoms with E-state index in [-0.39, 0.29) is 17.0 Å². The number of nitrogens with zero attached hydrogens (tertiary/aromatic N) is 3. The zero-order valence-electron chi connectivity index (χ0n) is 14.7. The van der Waals surface area contributed by atoms with E-state index < -0.39 is 0 Å². The molecule has 4 saturated carbocycles. The smallest absolute Gasteiger partial charge is 0.267 e. The summed E-state index contributed by atoms with van der Waals surface area (Å²) in [6, 6.07) is 0. The molecule has 25 heavy (non-hydrogen) atoms. The summed E-state index contributed by atoms with van der Waals surface area (Å²) in [7, 11) is 1.87. The highest BCUT2D eigenvalue weighted by atomic mass is 32.2. The summed E-state index contributed by atoms with van der Waals surface area (Å²) in [5.41, 5.74) is 0.367. The summed E-state index contributed by atoms with van der Waals surface area (Å²) in [6.07, 6.45) is 9.53. The van der Waals surface area contributed by atoms with Gasteiger partial charge >= 0.3 is 0 Å². The molecule has 134 valence electrons. The van der Waals surface area contributed by atoms with Crippen LogP contribution in [0.15, 0.2) is 16.1 Å². The highest BCUT2D eigenvalue weighted by Gasteiger charge is 2.51. The summed E-state index contributed by atoms with van der Waals surface area (Å²) in [6.45, 7) is 1.46. The second kappa shape index (κ2) is 5.60. The fourth-order valence-corrected chi connectivity index (χ4v) is 7.34. The van der Waals surface area contributed by atoms with Gasteiger partial charge < -0.3 is 4.90 Å². The van der Waals surface area contributed by atoms with Crippen molar-refractivity contribution in [2.45, 2.75) is 50.2 Å². The molecular weight excluding hydrogens is 334 g/mol. The summed E-state index contributed by atoms with van der Waals surface area (Å²) in [5.74, 6) is 3.33. The van der Waals surface area contributed by atoms with Gasteiger partial charge in [0.25, 0.3) is 11.5 Å². The van der Waals surface area contributed by atoms with Crippen LogP contribution in [0.2, 0.25) is 0 Å². The lowest BCUT2D eigenvalue weighted by molar-refractivity contribution is -0.0629. The number of thioether (sulfide) groups is 1. The van der Waals surface area contributed by atoms with Gasteiger partial charge in [-0.1, -0.05) is 11.8 Å². The summed E-state index contributed by atoms with van der Waals surface area (Å²) in [4.78, 5) is 31.7. The van der Waals surface area contributed by atoms with E-state index in [2.05, 4.69) is 4.98 Å². The van der Waals surface area contributed by atoms with Crippen molar-refractivity contribution in [3.05, 3.63) is 22.1 Å². The normalized spacial score (nSPS) is 35.0. The molecule has 6 heteroatoms. The molecule has 0 spiro atoms. The number of rotatable bonds is 3. The average molecular weight is 359 g/mol. The van der Waals surface area contributed by atoms with E-state index >= 15 is 0 Å². The van der Waals surface area contributed by atoms with Gasteiger partial charge in [0.1, 0.15) is 5.56 Å². The molecule has 0 aromatic carbocycles. The van der Waals surface area contributed by atoms with Gasteiger partial charge in [0, 0.05) is 32.1 Å². The highest BCUT2D eigenvalue weighted by Crippen LogP contribution is 2.60. The van der Waals surface area contributed by atoms with Gasteiger partial charge in [-0.2, -0.15) is 0 Å². The van der Waals surface area contributed by atoms with E-state index in [9.17, 15) is 9.59 Å². The molecule has 0 radical (unpaired) electrons. The maximum atomic E-state index is 13.0. The number of fused-ring (bicyclic) bond motifs is 1. The Morgan fingerprint density at radius 1 is 1.28 bits per heavy atom. The second-order valence-corrected chi connectivity index (χ2v) is 9.90. The number of carbonyl (C=O) groups excluding carboxylic acids is 1. The standard InChI is InChI=1S/C19H25N3O2S/c1-21(11-19-7-12-4-13(8-19)6-14(5-12)9-19)16(23)15-10-20-18-22(17(15)24)2-3-25-18/h10,12-14H,2-9,11H2,1H3. The Bertz CT molecular complexity index is 752. The minimum atomic E-state index is -0.169. The van der Waals surface area contributed by atoms with Crippen LogP contribution in [0.4, 0.5) is 0 Å². The molecule has 1 aromatic rings. The fourth-order valence-electron chi connectivity index (χ4n) is 6.43. The van der Waals surface area contributed by atoms with Gasteiger partial charge in [-0.05, 0) is 61.7 Å². The van der Waals surface area contributed by atoms with Gasteiger partial charge in [-0.3, -0.25) is 14.2 Å². The lowest BCUT2D eigenvalue weighted by Gasteiger charge is -2.57. The van der Waals surface area contributed by atoms with Gasteiger partial charge in [-0.25, -0.2) is 4.98 Å². The van der Waals surface area contributed by atoms with Crippen molar-refractivity contribution < 1.29 is 4.79 Å². The monoisotopic (exact) mass is 359 g/mol. The first-order valence-corrected chi connectivity index (χ1v) is 10.5. The first-order chi connectivity index (χ1) is 12.0. The van der Waals surface area contributed by atoms with E-state index in [0.29, 0.717) is 12.0 Å². The van der Waals surface area contributed by atoms with E-state index in [1.54, 1.807) is 21.2 Å². The van der Waals surface area contributed by atoms with Crippen molar-refractivity contribution >= 4 is 17.7 Å². The molecule has 1 amide bonds. The number of carbonyl (C=O) groups is 1. The predicted octanol–water partition coefficient (Wildman–Crippen LogP) is 2.64. The SMILES string of the molecule is CN(CC12CC3CC(CC(C3)C1)C2)C(=O)c1cnc2n(c1=O)CCS2. The summed E-state index contributed by atoms with van der Waals surface area (Å²) >= 11 is 1.58. The zero-order valence-corrected chi connectivity index (χ0v) is 15.6. The van der Waals surface area contributed by atoms with Crippen LogP contribution in [0.1, 0.15) is 48.9 Å². The molecule has 0 atom stereocenters. The molecule has 0 unspecified atom stereocenters. The van der Waals surface area contributed by atoms with Crippen molar-refractivity contribution in [2.75, 3.05) is 19.3 Å². The lowest BCUT2D eigenvalue weighted by atomic mass is 9.49. The molecule has 1 aromatic heterocycles. The van der Waals surface area contributed by atoms with Crippen LogP contribution < -0.4 is 5.56 Å². The molecule has 2 heterocycles. The van der Waals surface area contributed by atoms with Crippen LogP contribution in [-0.4, -0.2) is 39.7 Å². The topological polar surface area (TPSA) is 55.2 Å². The van der Waals surface area contributed by atoms with Crippen LogP contribution in [0.25, 0.3) is 0 Å². The molecule has 5 aliphatic rings. The van der Waals surface area contributed by atoms with E-state index in [0.717, 1.165) is 35.2 Å². The second-order valence-electron chi connectivity index (χ2n) is 8.84. The Balaban J connectivity index is 1.37. The average Bonchev–Trinajstić information content (AvgIpc) is 3.02. The minimum Gasteiger partial charge on any atom is -0.341 e. The first-order valence-electron chi connectivity index (χ1n) is 9.51. The van der Waals surface area contributed by atoms with Crippen LogP contribution in [-0.2, 0) is 6.54 Å². The summed E-state index contributed by atoms with van der Waals surface area (Å²) in [5, 5.41) is 0.741. The molecular formula is C19H25N3O2S. The van der Waals surface area contributed by atoms with Crippen LogP contribution in [0, 0.1) is 23.2 Å². The van der Waals surface area contributed by atoms with Gasteiger partial charge in [0.15, 0.2) is 5.16 Å². The predicted molar refractivity (Wildman–Crippen MR) is 96.8 cm³/mol. The van der Waals surface area contributed by atoms with Crippen molar-refractivity contribution in [2.24, 2.45) is 23.2 Å². The van der Waals surface area contributed by atoms with E-state index in [1.807, 2.05) is 7.05 Å². The number of aromatic nitrogens is 2. The Morgan fingerprint density at radius 3 is 2.56 bits per heavy atom. The number of hydrogen-bond acceptors (Lipinski definition) is 4. The third-order valence-electron chi connectivity index (χ3n) is 6.87. The molecule has 1 aliphatic heterocycles. The Labute approximate surface area is 152 Å². The number of amides is 1. The first kappa shape index (κ1) is 15.9. The van der Waals surface area contributed by atoms with Gasteiger partial charge in [0.05, 0.1) is 0 Å². The number of hydrogen-bond donors (Lipinski definition) is 0. The molecule has 6 rings (SSSR count). The van der Waals surface area contributed by atoms with Gasteiger partial charge in [-0.15, -0.1) is 0 Å². The van der Waals surface area contributed by atoms with Crippen molar-refractivity contribution in [1.29, 1.82) is 0 Å². The maximum Gasteiger partial charge on any atom is 0.267 e. The fraction of sp³-hybridized carbons (Fsp3) is 0.737. The van der Waals surface area contributed by atoms with E-state index in [4.69, 9.17) is 0 Å². The molecule has 0 saturated heterocycles. The van der Waals surface area contributed by atoms with Crippen LogP contribution in [0.5, 0.6) is 0 Å². The molecule has 4 bridgehead atoms. The van der Waals surface area contributed by atoms with Crippen molar-refractivity contribution in [3.63, 3.8) is 0 Å². The highest BCUT2D eigenvalue weighted by molar-refractivity contribution is 7.99. The van der Waals surface area contributed by atoms with E-state index in [1.165, 1.54) is 44.7 Å². The largest absolute Gasteiger partial charge is 0.341 e. The lowest BCUT2D eigenvalue weighted by Crippen LogP contribution is -2.51. The van der Waals surface area contributed by atoms with Crippen molar-refractivity contribution in [1.82, 2.24) is 14.5 Å². The quantitative estimate of drug-likeness (QED) is 0.779. The Kier molecular flexibility index (Phi) is 3.56. The minimum absolute atomic E-state index is 0.152. The van der Waals surface area contributed by atoms with Crippen LogP contribution in [0.3, 0.4) is 0 Å². The van der Waals surface area contributed by atoms with Gasteiger partial charge in [0.2, 0.25) is 0 Å². The molecule has 4 fully saturated rings. The van der Waals surface area contributed by atoms with Crippen molar-refractivity contribution in [3.8, 4) is 0 Å². The maximum absolute atomic E-state index is 13.0. The molecule has 0 N–H and O–H groups in total. The zero-order chi connectivity index (χ0) is 17.2. The molecule has 5 nitrogen and oxygen atoms in total. The third kappa shape index (κ3) is 2.56. The Hall–Kier alpha value is -1.30.